The second kappa shape index (κ2) is 5.87. The summed E-state index contributed by atoms with van der Waals surface area (Å²) in [6, 6.07) is 11.3. The Hall–Kier alpha value is -1.16. The van der Waals surface area contributed by atoms with Gasteiger partial charge in [-0.2, -0.15) is 0 Å². The van der Waals surface area contributed by atoms with Crippen LogP contribution in [0.4, 0.5) is 0 Å². The molecule has 0 radical (unpaired) electrons. The van der Waals surface area contributed by atoms with Gasteiger partial charge in [-0.15, -0.1) is 0 Å². The van der Waals surface area contributed by atoms with Crippen LogP contribution >= 0.6 is 35.0 Å². The molecule has 3 N–H and O–H groups in total. The zero-order valence-electron chi connectivity index (χ0n) is 10.2. The normalized spacial score (nSPS) is 10.5. The number of rotatable bonds is 3. The number of benzene rings is 2. The molecule has 0 amide bonds. The first-order valence-electron chi connectivity index (χ1n) is 5.55. The Morgan fingerprint density at radius 3 is 2.47 bits per heavy atom. The molecule has 2 aromatic rings. The number of nitrogens with one attached hydrogen (secondary N) is 1. The summed E-state index contributed by atoms with van der Waals surface area (Å²) in [4.78, 5) is 1.90. The fourth-order valence-corrected chi connectivity index (χ4v) is 3.07. The molecule has 0 aliphatic heterocycles. The molecule has 0 aromatic heterocycles. The lowest BCUT2D eigenvalue weighted by molar-refractivity contribution is 1.29. The fourth-order valence-electron chi connectivity index (χ4n) is 1.60. The molecule has 0 saturated carbocycles. The predicted octanol–water partition coefficient (Wildman–Crippen LogP) is 4.74. The van der Waals surface area contributed by atoms with Crippen LogP contribution in [0.3, 0.4) is 0 Å². The Morgan fingerprint density at radius 1 is 1.11 bits per heavy atom. The summed E-state index contributed by atoms with van der Waals surface area (Å²) in [6.07, 6.45) is 0. The van der Waals surface area contributed by atoms with Crippen LogP contribution in [0.5, 0.6) is 0 Å². The average Bonchev–Trinajstić information content (AvgIpc) is 2.33. The molecule has 0 bridgehead atoms. The largest absolute Gasteiger partial charge is 0.384 e. The van der Waals surface area contributed by atoms with Crippen LogP contribution in [-0.4, -0.2) is 5.84 Å². The van der Waals surface area contributed by atoms with E-state index < -0.39 is 0 Å². The Morgan fingerprint density at radius 2 is 1.84 bits per heavy atom. The monoisotopic (exact) mass is 310 g/mol. The van der Waals surface area contributed by atoms with Crippen LogP contribution < -0.4 is 5.73 Å². The van der Waals surface area contributed by atoms with E-state index in [2.05, 4.69) is 0 Å². The van der Waals surface area contributed by atoms with Crippen LogP contribution in [0.1, 0.15) is 11.1 Å². The van der Waals surface area contributed by atoms with Gasteiger partial charge in [-0.25, -0.2) is 0 Å². The molecule has 0 saturated heterocycles. The minimum Gasteiger partial charge on any atom is -0.384 e. The lowest BCUT2D eigenvalue weighted by atomic mass is 10.1. The van der Waals surface area contributed by atoms with Crippen molar-refractivity contribution in [1.29, 1.82) is 5.41 Å². The topological polar surface area (TPSA) is 49.9 Å². The Bertz CT molecular complexity index is 641. The summed E-state index contributed by atoms with van der Waals surface area (Å²) in [6.45, 7) is 2.00. The van der Waals surface area contributed by atoms with E-state index in [4.69, 9.17) is 34.3 Å². The van der Waals surface area contributed by atoms with Crippen molar-refractivity contribution >= 4 is 40.8 Å². The van der Waals surface area contributed by atoms with E-state index in [9.17, 15) is 0 Å². The second-order valence-electron chi connectivity index (χ2n) is 4.09. The van der Waals surface area contributed by atoms with E-state index >= 15 is 0 Å². The van der Waals surface area contributed by atoms with Crippen molar-refractivity contribution in [2.75, 3.05) is 0 Å². The summed E-state index contributed by atoms with van der Waals surface area (Å²) in [5, 5.41) is 8.65. The summed E-state index contributed by atoms with van der Waals surface area (Å²) in [5.74, 6) is 0.0579. The number of nitrogens with two attached hydrogens (primary N) is 1. The number of amidine groups is 1. The van der Waals surface area contributed by atoms with Gasteiger partial charge >= 0.3 is 0 Å². The molecule has 0 unspecified atom stereocenters. The highest BCUT2D eigenvalue weighted by Crippen LogP contribution is 2.34. The first kappa shape index (κ1) is 14.3. The van der Waals surface area contributed by atoms with Crippen LogP contribution in [0, 0.1) is 12.3 Å². The van der Waals surface area contributed by atoms with E-state index in [1.54, 1.807) is 12.1 Å². The second-order valence-corrected chi connectivity index (χ2v) is 6.02. The minimum atomic E-state index is 0.0579. The maximum absolute atomic E-state index is 7.61. The van der Waals surface area contributed by atoms with Crippen molar-refractivity contribution in [1.82, 2.24) is 0 Å². The molecule has 2 nitrogen and oxygen atoms in total. The lowest BCUT2D eigenvalue weighted by Crippen LogP contribution is -2.12. The highest BCUT2D eigenvalue weighted by atomic mass is 35.5. The third-order valence-corrected chi connectivity index (χ3v) is 4.33. The van der Waals surface area contributed by atoms with Gasteiger partial charge in [-0.05, 0) is 42.8 Å². The number of halogens is 2. The van der Waals surface area contributed by atoms with E-state index in [0.29, 0.717) is 10.0 Å². The minimum absolute atomic E-state index is 0.0579. The molecule has 0 atom stereocenters. The number of hydrogen-bond acceptors (Lipinski definition) is 2. The summed E-state index contributed by atoms with van der Waals surface area (Å²) in [5.41, 5.74) is 7.44. The van der Waals surface area contributed by atoms with Crippen molar-refractivity contribution in [2.24, 2.45) is 5.73 Å². The SMILES string of the molecule is Cc1ccc(C(=N)N)c(Sc2ccc(Cl)c(Cl)c2)c1. The first-order chi connectivity index (χ1) is 8.97. The number of hydrogen-bond donors (Lipinski definition) is 2. The van der Waals surface area contributed by atoms with Crippen LogP contribution in [0.2, 0.25) is 10.0 Å². The highest BCUT2D eigenvalue weighted by molar-refractivity contribution is 7.99. The molecular weight excluding hydrogens is 299 g/mol. The molecule has 2 aromatic carbocycles. The van der Waals surface area contributed by atoms with Crippen LogP contribution in [0.25, 0.3) is 0 Å². The van der Waals surface area contributed by atoms with Gasteiger partial charge in [0.05, 0.1) is 10.0 Å². The summed E-state index contributed by atoms with van der Waals surface area (Å²) in [7, 11) is 0. The summed E-state index contributed by atoms with van der Waals surface area (Å²) < 4.78 is 0. The molecule has 0 spiro atoms. The average molecular weight is 311 g/mol. The van der Waals surface area contributed by atoms with Gasteiger partial charge < -0.3 is 5.73 Å². The van der Waals surface area contributed by atoms with Gasteiger partial charge in [0.2, 0.25) is 0 Å². The third-order valence-electron chi connectivity index (χ3n) is 2.55. The molecular formula is C14H12Cl2N2S. The first-order valence-corrected chi connectivity index (χ1v) is 7.12. The molecule has 5 heteroatoms. The summed E-state index contributed by atoms with van der Waals surface area (Å²) >= 11 is 13.4. The van der Waals surface area contributed by atoms with Crippen molar-refractivity contribution in [2.45, 2.75) is 16.7 Å². The fraction of sp³-hybridized carbons (Fsp3) is 0.0714. The number of nitrogen functional groups attached to an aromatic ring is 1. The smallest absolute Gasteiger partial charge is 0.123 e. The van der Waals surface area contributed by atoms with Crippen molar-refractivity contribution in [3.63, 3.8) is 0 Å². The van der Waals surface area contributed by atoms with E-state index in [1.807, 2.05) is 31.2 Å². The van der Waals surface area contributed by atoms with Gasteiger partial charge in [-0.3, -0.25) is 5.41 Å². The van der Waals surface area contributed by atoms with Gasteiger partial charge in [0, 0.05) is 15.4 Å². The Balaban J connectivity index is 2.39. The van der Waals surface area contributed by atoms with Crippen molar-refractivity contribution < 1.29 is 0 Å². The van der Waals surface area contributed by atoms with Crippen LogP contribution in [0.15, 0.2) is 46.2 Å². The molecule has 0 fully saturated rings. The van der Waals surface area contributed by atoms with Gasteiger partial charge in [0.1, 0.15) is 5.84 Å². The highest BCUT2D eigenvalue weighted by Gasteiger charge is 2.08. The molecule has 2 rings (SSSR count). The molecule has 0 aliphatic rings. The van der Waals surface area contributed by atoms with E-state index in [1.165, 1.54) is 11.8 Å². The standard InChI is InChI=1S/C14H12Cl2N2S/c1-8-2-4-10(14(17)18)13(6-8)19-9-3-5-11(15)12(16)7-9/h2-7H,1H3,(H3,17,18). The quantitative estimate of drug-likeness (QED) is 0.635. The maximum Gasteiger partial charge on any atom is 0.123 e. The molecule has 0 heterocycles. The molecule has 19 heavy (non-hydrogen) atoms. The van der Waals surface area contributed by atoms with Crippen LogP contribution in [-0.2, 0) is 0 Å². The zero-order valence-corrected chi connectivity index (χ0v) is 12.5. The lowest BCUT2D eigenvalue weighted by Gasteiger charge is -2.09. The molecule has 0 aliphatic carbocycles. The van der Waals surface area contributed by atoms with Gasteiger partial charge in [0.15, 0.2) is 0 Å². The Labute approximate surface area is 126 Å². The molecule has 98 valence electrons. The zero-order chi connectivity index (χ0) is 14.0. The van der Waals surface area contributed by atoms with Crippen molar-refractivity contribution in [3.8, 4) is 0 Å². The Kier molecular flexibility index (Phi) is 4.40. The third kappa shape index (κ3) is 3.44. The van der Waals surface area contributed by atoms with Gasteiger partial charge in [0.25, 0.3) is 0 Å². The number of aryl methyl sites for hydroxylation is 1. The van der Waals surface area contributed by atoms with E-state index in [-0.39, 0.29) is 5.84 Å². The van der Waals surface area contributed by atoms with E-state index in [0.717, 1.165) is 20.9 Å². The predicted molar refractivity (Wildman–Crippen MR) is 82.8 cm³/mol. The van der Waals surface area contributed by atoms with Gasteiger partial charge in [-0.1, -0.05) is 41.0 Å². The van der Waals surface area contributed by atoms with Crippen molar-refractivity contribution in [3.05, 3.63) is 57.6 Å². The maximum atomic E-state index is 7.61.